The van der Waals surface area contributed by atoms with Crippen LogP contribution in [-0.2, 0) is 9.53 Å². The molecule has 0 bridgehead atoms. The van der Waals surface area contributed by atoms with E-state index in [1.54, 1.807) is 0 Å². The molecular formula is C6H14N2O2. The molecule has 0 atom stereocenters. The quantitative estimate of drug-likeness (QED) is 0.418. The first-order chi connectivity index (χ1) is 4.48. The number of carbonyl (C=O) groups excluding carboxylic acids is 1. The summed E-state index contributed by atoms with van der Waals surface area (Å²) in [4.78, 5) is 10.8. The fourth-order valence-corrected chi connectivity index (χ4v) is 0.350. The summed E-state index contributed by atoms with van der Waals surface area (Å²) >= 11 is 0. The molecule has 0 aromatic heterocycles. The number of rotatable bonds is 3. The van der Waals surface area contributed by atoms with E-state index in [-0.39, 0.29) is 0 Å². The van der Waals surface area contributed by atoms with Crippen molar-refractivity contribution in [2.45, 2.75) is 25.9 Å². The van der Waals surface area contributed by atoms with E-state index in [2.05, 4.69) is 4.74 Å². The van der Waals surface area contributed by atoms with E-state index < -0.39 is 11.6 Å². The smallest absolute Gasteiger partial charge is 0.340 e. The van der Waals surface area contributed by atoms with E-state index in [0.29, 0.717) is 6.61 Å². The number of hydrogen-bond donors (Lipinski definition) is 2. The molecule has 4 N–H and O–H groups in total. The third-order valence-corrected chi connectivity index (χ3v) is 0.877. The minimum absolute atomic E-state index is 0.378. The summed E-state index contributed by atoms with van der Waals surface area (Å²) in [6.07, 6.45) is 0.780. The second-order valence-electron chi connectivity index (χ2n) is 2.42. The van der Waals surface area contributed by atoms with Crippen LogP contribution in [0.15, 0.2) is 0 Å². The first kappa shape index (κ1) is 9.39. The summed E-state index contributed by atoms with van der Waals surface area (Å²) in [6.45, 7) is 3.69. The van der Waals surface area contributed by atoms with Gasteiger partial charge in [-0.1, -0.05) is 6.92 Å². The molecule has 0 radical (unpaired) electrons. The molecule has 0 aliphatic rings. The van der Waals surface area contributed by atoms with Crippen molar-refractivity contribution in [3.8, 4) is 0 Å². The number of carbonyl (C=O) groups is 1. The van der Waals surface area contributed by atoms with Gasteiger partial charge in [0, 0.05) is 0 Å². The first-order valence-corrected chi connectivity index (χ1v) is 3.23. The van der Waals surface area contributed by atoms with Gasteiger partial charge in [-0.3, -0.25) is 0 Å². The Morgan fingerprint density at radius 3 is 2.40 bits per heavy atom. The molecule has 0 saturated carbocycles. The van der Waals surface area contributed by atoms with Gasteiger partial charge < -0.3 is 16.2 Å². The average Bonchev–Trinajstić information content (AvgIpc) is 1.80. The van der Waals surface area contributed by atoms with Crippen LogP contribution in [-0.4, -0.2) is 18.2 Å². The highest BCUT2D eigenvalue weighted by atomic mass is 16.5. The van der Waals surface area contributed by atoms with Crippen molar-refractivity contribution in [3.05, 3.63) is 0 Å². The van der Waals surface area contributed by atoms with Crippen molar-refractivity contribution in [1.29, 1.82) is 0 Å². The van der Waals surface area contributed by atoms with Gasteiger partial charge in [-0.2, -0.15) is 0 Å². The van der Waals surface area contributed by atoms with Gasteiger partial charge in [0.25, 0.3) is 0 Å². The van der Waals surface area contributed by atoms with Gasteiger partial charge in [-0.05, 0) is 13.3 Å². The summed E-state index contributed by atoms with van der Waals surface area (Å²) in [7, 11) is 0. The first-order valence-electron chi connectivity index (χ1n) is 3.23. The zero-order chi connectivity index (χ0) is 8.20. The minimum atomic E-state index is -1.35. The Labute approximate surface area is 60.5 Å². The molecule has 0 amide bonds. The minimum Gasteiger partial charge on any atom is -0.463 e. The van der Waals surface area contributed by atoms with E-state index in [1.807, 2.05) is 6.92 Å². The molecule has 0 rings (SSSR count). The Kier molecular flexibility index (Phi) is 3.32. The number of nitrogens with two attached hydrogens (primary N) is 2. The Balaban J connectivity index is 3.64. The highest BCUT2D eigenvalue weighted by Gasteiger charge is 2.23. The van der Waals surface area contributed by atoms with Crippen molar-refractivity contribution < 1.29 is 9.53 Å². The van der Waals surface area contributed by atoms with Crippen molar-refractivity contribution in [3.63, 3.8) is 0 Å². The van der Waals surface area contributed by atoms with Crippen molar-refractivity contribution >= 4 is 5.97 Å². The van der Waals surface area contributed by atoms with E-state index in [0.717, 1.165) is 6.42 Å². The summed E-state index contributed by atoms with van der Waals surface area (Å²) in [5, 5.41) is 0. The molecule has 0 unspecified atom stereocenters. The average molecular weight is 146 g/mol. The van der Waals surface area contributed by atoms with Crippen LogP contribution in [0.1, 0.15) is 20.3 Å². The van der Waals surface area contributed by atoms with Crippen molar-refractivity contribution in [2.24, 2.45) is 11.5 Å². The molecule has 0 aliphatic heterocycles. The van der Waals surface area contributed by atoms with Crippen LogP contribution in [0.5, 0.6) is 0 Å². The zero-order valence-electron chi connectivity index (χ0n) is 6.39. The summed E-state index contributed by atoms with van der Waals surface area (Å²) in [6, 6.07) is 0. The molecule has 4 nitrogen and oxygen atoms in total. The van der Waals surface area contributed by atoms with Gasteiger partial charge in [0.1, 0.15) is 0 Å². The van der Waals surface area contributed by atoms with Crippen molar-refractivity contribution in [2.75, 3.05) is 6.61 Å². The van der Waals surface area contributed by atoms with Gasteiger partial charge in [-0.15, -0.1) is 0 Å². The van der Waals surface area contributed by atoms with Gasteiger partial charge in [0.15, 0.2) is 5.66 Å². The van der Waals surface area contributed by atoms with Crippen LogP contribution in [0.4, 0.5) is 0 Å². The van der Waals surface area contributed by atoms with Crippen LogP contribution in [0.25, 0.3) is 0 Å². The predicted molar refractivity (Wildman–Crippen MR) is 38.0 cm³/mol. The second-order valence-corrected chi connectivity index (χ2v) is 2.42. The lowest BCUT2D eigenvalue weighted by Crippen LogP contribution is -2.54. The van der Waals surface area contributed by atoms with E-state index >= 15 is 0 Å². The SMILES string of the molecule is CCCOC(=O)C(C)(N)N. The Hall–Kier alpha value is -0.610. The van der Waals surface area contributed by atoms with E-state index in [4.69, 9.17) is 11.5 Å². The van der Waals surface area contributed by atoms with Crippen LogP contribution in [0.2, 0.25) is 0 Å². The normalized spacial score (nSPS) is 11.2. The number of ether oxygens (including phenoxy) is 1. The van der Waals surface area contributed by atoms with Crippen LogP contribution >= 0.6 is 0 Å². The second kappa shape index (κ2) is 3.53. The highest BCUT2D eigenvalue weighted by Crippen LogP contribution is 1.92. The lowest BCUT2D eigenvalue weighted by atomic mass is 10.2. The maximum absolute atomic E-state index is 10.8. The fourth-order valence-electron chi connectivity index (χ4n) is 0.350. The van der Waals surface area contributed by atoms with Gasteiger partial charge >= 0.3 is 5.97 Å². The molecule has 4 heteroatoms. The van der Waals surface area contributed by atoms with E-state index in [9.17, 15) is 4.79 Å². The Morgan fingerprint density at radius 1 is 1.60 bits per heavy atom. The number of esters is 1. The van der Waals surface area contributed by atoms with Crippen LogP contribution < -0.4 is 11.5 Å². The lowest BCUT2D eigenvalue weighted by Gasteiger charge is -2.15. The van der Waals surface area contributed by atoms with Gasteiger partial charge in [-0.25, -0.2) is 4.79 Å². The third kappa shape index (κ3) is 3.42. The molecule has 0 aromatic rings. The standard InChI is InChI=1S/C6H14N2O2/c1-3-4-10-5(9)6(2,7)8/h3-4,7-8H2,1-2H3. The molecule has 0 spiro atoms. The highest BCUT2D eigenvalue weighted by molar-refractivity contribution is 5.78. The monoisotopic (exact) mass is 146 g/mol. The predicted octanol–water partition coefficient (Wildman–Crippen LogP) is -0.427. The molecule has 0 fully saturated rings. The van der Waals surface area contributed by atoms with Gasteiger partial charge in [0.05, 0.1) is 6.61 Å². The lowest BCUT2D eigenvalue weighted by molar-refractivity contribution is -0.149. The topological polar surface area (TPSA) is 78.3 Å². The fraction of sp³-hybridized carbons (Fsp3) is 0.833. The van der Waals surface area contributed by atoms with Crippen LogP contribution in [0, 0.1) is 0 Å². The van der Waals surface area contributed by atoms with Gasteiger partial charge in [0.2, 0.25) is 0 Å². The van der Waals surface area contributed by atoms with Crippen molar-refractivity contribution in [1.82, 2.24) is 0 Å². The molecular weight excluding hydrogens is 132 g/mol. The molecule has 10 heavy (non-hydrogen) atoms. The maximum atomic E-state index is 10.8. The third-order valence-electron chi connectivity index (χ3n) is 0.877. The molecule has 0 saturated heterocycles. The molecule has 0 aliphatic carbocycles. The molecule has 60 valence electrons. The van der Waals surface area contributed by atoms with Crippen LogP contribution in [0.3, 0.4) is 0 Å². The maximum Gasteiger partial charge on any atom is 0.340 e. The summed E-state index contributed by atoms with van der Waals surface area (Å²) in [5.74, 6) is -0.561. The summed E-state index contributed by atoms with van der Waals surface area (Å²) in [5.41, 5.74) is 9.09. The molecule has 0 aromatic carbocycles. The Bertz CT molecular complexity index is 117. The van der Waals surface area contributed by atoms with E-state index in [1.165, 1.54) is 6.92 Å². The summed E-state index contributed by atoms with van der Waals surface area (Å²) < 4.78 is 4.67. The largest absolute Gasteiger partial charge is 0.463 e. The Morgan fingerprint density at radius 2 is 2.10 bits per heavy atom. The molecule has 0 heterocycles. The number of hydrogen-bond acceptors (Lipinski definition) is 4. The zero-order valence-corrected chi connectivity index (χ0v) is 6.39.